The number of nitrogens with zero attached hydrogens (tertiary/aromatic N) is 2. The molecule has 1 aliphatic heterocycles. The standard InChI is InChI=1S/C15H20ClN3/c1-2-19-8-6-12(7-9-19)11-18-15-5-3-4-14(16)13(15)10-17/h3-5,12,18H,2,6-9,11H2,1H3. The summed E-state index contributed by atoms with van der Waals surface area (Å²) in [6, 6.07) is 7.72. The van der Waals surface area contributed by atoms with Crippen molar-refractivity contribution >= 4 is 17.3 Å². The predicted octanol–water partition coefficient (Wildman–Crippen LogP) is 3.36. The molecule has 0 amide bonds. The highest BCUT2D eigenvalue weighted by atomic mass is 35.5. The average molecular weight is 278 g/mol. The van der Waals surface area contributed by atoms with Gasteiger partial charge in [0.05, 0.1) is 16.3 Å². The van der Waals surface area contributed by atoms with Gasteiger partial charge in [0, 0.05) is 6.54 Å². The topological polar surface area (TPSA) is 39.1 Å². The monoisotopic (exact) mass is 277 g/mol. The molecule has 0 aromatic heterocycles. The van der Waals surface area contributed by atoms with Gasteiger partial charge in [-0.1, -0.05) is 24.6 Å². The van der Waals surface area contributed by atoms with Crippen molar-refractivity contribution in [3.63, 3.8) is 0 Å². The molecule has 1 saturated heterocycles. The molecular formula is C15H20ClN3. The van der Waals surface area contributed by atoms with E-state index in [1.54, 1.807) is 6.07 Å². The Kier molecular flexibility index (Phi) is 5.07. The first-order valence-electron chi connectivity index (χ1n) is 6.89. The van der Waals surface area contributed by atoms with Gasteiger partial charge in [0.25, 0.3) is 0 Å². The van der Waals surface area contributed by atoms with E-state index in [0.29, 0.717) is 16.5 Å². The summed E-state index contributed by atoms with van der Waals surface area (Å²) in [5.41, 5.74) is 1.41. The van der Waals surface area contributed by atoms with E-state index in [4.69, 9.17) is 16.9 Å². The van der Waals surface area contributed by atoms with E-state index in [-0.39, 0.29) is 0 Å². The number of anilines is 1. The summed E-state index contributed by atoms with van der Waals surface area (Å²) >= 11 is 6.02. The summed E-state index contributed by atoms with van der Waals surface area (Å²) in [7, 11) is 0. The minimum absolute atomic E-state index is 0.522. The summed E-state index contributed by atoms with van der Waals surface area (Å²) in [6.45, 7) is 6.65. The van der Waals surface area contributed by atoms with Crippen molar-refractivity contribution in [1.82, 2.24) is 4.90 Å². The third kappa shape index (κ3) is 3.62. The van der Waals surface area contributed by atoms with E-state index in [1.807, 2.05) is 12.1 Å². The van der Waals surface area contributed by atoms with Gasteiger partial charge < -0.3 is 10.2 Å². The van der Waals surface area contributed by atoms with Crippen LogP contribution >= 0.6 is 11.6 Å². The molecule has 0 bridgehead atoms. The van der Waals surface area contributed by atoms with Crippen LogP contribution in [0.25, 0.3) is 0 Å². The third-order valence-electron chi connectivity index (χ3n) is 3.86. The Hall–Kier alpha value is -1.24. The number of benzene rings is 1. The highest BCUT2D eigenvalue weighted by molar-refractivity contribution is 6.32. The van der Waals surface area contributed by atoms with Crippen LogP contribution in [0.5, 0.6) is 0 Å². The first-order valence-corrected chi connectivity index (χ1v) is 7.27. The molecule has 0 radical (unpaired) electrons. The zero-order chi connectivity index (χ0) is 13.7. The molecule has 4 heteroatoms. The molecule has 1 aromatic rings. The molecule has 0 atom stereocenters. The van der Waals surface area contributed by atoms with Gasteiger partial charge in [0.15, 0.2) is 0 Å². The molecule has 102 valence electrons. The minimum atomic E-state index is 0.522. The molecule has 1 heterocycles. The molecule has 1 aliphatic rings. The maximum Gasteiger partial charge on any atom is 0.103 e. The number of hydrogen-bond acceptors (Lipinski definition) is 3. The van der Waals surface area contributed by atoms with E-state index in [2.05, 4.69) is 23.2 Å². The first kappa shape index (κ1) is 14.2. The van der Waals surface area contributed by atoms with Crippen molar-refractivity contribution in [2.75, 3.05) is 31.5 Å². The third-order valence-corrected chi connectivity index (χ3v) is 4.18. The van der Waals surface area contributed by atoms with E-state index < -0.39 is 0 Å². The second-order valence-corrected chi connectivity index (χ2v) is 5.44. The number of piperidine rings is 1. The Labute approximate surface area is 120 Å². The van der Waals surface area contributed by atoms with Crippen molar-refractivity contribution in [2.24, 2.45) is 5.92 Å². The van der Waals surface area contributed by atoms with Gasteiger partial charge in [-0.25, -0.2) is 0 Å². The molecule has 0 spiro atoms. The highest BCUT2D eigenvalue weighted by Gasteiger charge is 2.18. The predicted molar refractivity (Wildman–Crippen MR) is 79.5 cm³/mol. The zero-order valence-electron chi connectivity index (χ0n) is 11.3. The van der Waals surface area contributed by atoms with Crippen LogP contribution in [0.2, 0.25) is 5.02 Å². The van der Waals surface area contributed by atoms with Gasteiger partial charge in [-0.05, 0) is 50.5 Å². The lowest BCUT2D eigenvalue weighted by Crippen LogP contribution is -2.35. The lowest BCUT2D eigenvalue weighted by atomic mass is 9.96. The fourth-order valence-electron chi connectivity index (χ4n) is 2.55. The van der Waals surface area contributed by atoms with Crippen LogP contribution in [0.1, 0.15) is 25.3 Å². The van der Waals surface area contributed by atoms with Gasteiger partial charge >= 0.3 is 0 Å². The van der Waals surface area contributed by atoms with E-state index in [9.17, 15) is 0 Å². The number of hydrogen-bond donors (Lipinski definition) is 1. The summed E-state index contributed by atoms with van der Waals surface area (Å²) in [5, 5.41) is 13.0. The zero-order valence-corrected chi connectivity index (χ0v) is 12.1. The largest absolute Gasteiger partial charge is 0.384 e. The maximum atomic E-state index is 9.12. The molecular weight excluding hydrogens is 258 g/mol. The number of likely N-dealkylation sites (tertiary alicyclic amines) is 1. The SMILES string of the molecule is CCN1CCC(CNc2cccc(Cl)c2C#N)CC1. The number of nitrogens with one attached hydrogen (secondary N) is 1. The van der Waals surface area contributed by atoms with Gasteiger partial charge in [0.2, 0.25) is 0 Å². The van der Waals surface area contributed by atoms with Crippen LogP contribution in [0.15, 0.2) is 18.2 Å². The molecule has 0 aliphatic carbocycles. The smallest absolute Gasteiger partial charge is 0.103 e. The summed E-state index contributed by atoms with van der Waals surface area (Å²) in [4.78, 5) is 2.48. The van der Waals surface area contributed by atoms with Gasteiger partial charge in [-0.3, -0.25) is 0 Å². The van der Waals surface area contributed by atoms with Crippen LogP contribution in [0.3, 0.4) is 0 Å². The molecule has 1 aromatic carbocycles. The summed E-state index contributed by atoms with van der Waals surface area (Å²) in [6.07, 6.45) is 2.45. The quantitative estimate of drug-likeness (QED) is 0.917. The lowest BCUT2D eigenvalue weighted by Gasteiger charge is -2.31. The summed E-state index contributed by atoms with van der Waals surface area (Å²) in [5.74, 6) is 0.688. The van der Waals surface area contributed by atoms with Crippen molar-refractivity contribution in [3.8, 4) is 6.07 Å². The summed E-state index contributed by atoms with van der Waals surface area (Å²) < 4.78 is 0. The second-order valence-electron chi connectivity index (χ2n) is 5.03. The van der Waals surface area contributed by atoms with Gasteiger partial charge in [-0.2, -0.15) is 5.26 Å². The van der Waals surface area contributed by atoms with Gasteiger partial charge in [0.1, 0.15) is 6.07 Å². The Morgan fingerprint density at radius 2 is 2.16 bits per heavy atom. The van der Waals surface area contributed by atoms with Crippen molar-refractivity contribution in [3.05, 3.63) is 28.8 Å². The number of halogens is 1. The van der Waals surface area contributed by atoms with Gasteiger partial charge in [-0.15, -0.1) is 0 Å². The van der Waals surface area contributed by atoms with Crippen LogP contribution in [-0.2, 0) is 0 Å². The van der Waals surface area contributed by atoms with Crippen molar-refractivity contribution in [1.29, 1.82) is 5.26 Å². The Balaban J connectivity index is 1.90. The average Bonchev–Trinajstić information content (AvgIpc) is 2.45. The van der Waals surface area contributed by atoms with Crippen LogP contribution < -0.4 is 5.32 Å². The Morgan fingerprint density at radius 3 is 2.79 bits per heavy atom. The molecule has 2 rings (SSSR count). The normalized spacial score (nSPS) is 17.1. The van der Waals surface area contributed by atoms with E-state index in [1.165, 1.54) is 25.9 Å². The Morgan fingerprint density at radius 1 is 1.42 bits per heavy atom. The lowest BCUT2D eigenvalue weighted by molar-refractivity contribution is 0.198. The highest BCUT2D eigenvalue weighted by Crippen LogP contribution is 2.24. The molecule has 19 heavy (non-hydrogen) atoms. The van der Waals surface area contributed by atoms with E-state index >= 15 is 0 Å². The van der Waals surface area contributed by atoms with Crippen molar-refractivity contribution < 1.29 is 0 Å². The van der Waals surface area contributed by atoms with Crippen molar-refractivity contribution in [2.45, 2.75) is 19.8 Å². The molecule has 0 unspecified atom stereocenters. The molecule has 1 fully saturated rings. The fraction of sp³-hybridized carbons (Fsp3) is 0.533. The van der Waals surface area contributed by atoms with Crippen LogP contribution in [0, 0.1) is 17.2 Å². The molecule has 1 N–H and O–H groups in total. The Bertz CT molecular complexity index is 459. The molecule has 3 nitrogen and oxygen atoms in total. The minimum Gasteiger partial charge on any atom is -0.384 e. The van der Waals surface area contributed by atoms with Crippen LogP contribution in [-0.4, -0.2) is 31.1 Å². The number of rotatable bonds is 4. The molecule has 0 saturated carbocycles. The maximum absolute atomic E-state index is 9.12. The number of nitriles is 1. The second kappa shape index (κ2) is 6.79. The fourth-order valence-corrected chi connectivity index (χ4v) is 2.76. The van der Waals surface area contributed by atoms with E-state index in [0.717, 1.165) is 18.8 Å². The first-order chi connectivity index (χ1) is 9.24. The van der Waals surface area contributed by atoms with Crippen LogP contribution in [0.4, 0.5) is 5.69 Å².